The number of carbonyl (C=O) groups excluding carboxylic acids is 2. The summed E-state index contributed by atoms with van der Waals surface area (Å²) in [6, 6.07) is 7.48. The van der Waals surface area contributed by atoms with E-state index in [0.29, 0.717) is 30.2 Å². The maximum atomic E-state index is 13.0. The third-order valence-electron chi connectivity index (χ3n) is 6.87. The smallest absolute Gasteiger partial charge is 0.329 e. The fraction of sp³-hybridized carbons (Fsp3) is 0.458. The van der Waals surface area contributed by atoms with Gasteiger partial charge in [-0.2, -0.15) is 0 Å². The quantitative estimate of drug-likeness (QED) is 0.606. The summed E-state index contributed by atoms with van der Waals surface area (Å²) in [7, 11) is 1.72. The average molecular weight is 449 g/mol. The first kappa shape index (κ1) is 21.4. The van der Waals surface area contributed by atoms with E-state index >= 15 is 0 Å². The van der Waals surface area contributed by atoms with E-state index in [1.807, 2.05) is 36.1 Å². The molecule has 3 aromatic rings. The van der Waals surface area contributed by atoms with Gasteiger partial charge in [0.1, 0.15) is 12.4 Å². The molecule has 0 spiro atoms. The summed E-state index contributed by atoms with van der Waals surface area (Å²) < 4.78 is 3.10. The molecule has 4 heterocycles. The van der Waals surface area contributed by atoms with Crippen molar-refractivity contribution in [3.05, 3.63) is 58.0 Å². The number of likely N-dealkylation sites (tertiary alicyclic amines) is 2. The number of aryl methyl sites for hydroxylation is 2. The summed E-state index contributed by atoms with van der Waals surface area (Å²) in [6.07, 6.45) is 4.48. The first-order valence-electron chi connectivity index (χ1n) is 11.5. The SMILES string of the molecule is Cc1nc(C2CCN(C(=O)Cn3c(=O)n(C)c4ccccc43)C2)ncc1C(=O)N1CCCC1. The highest BCUT2D eigenvalue weighted by atomic mass is 16.2. The number of nitrogens with zero attached hydrogens (tertiary/aromatic N) is 6. The molecule has 2 aliphatic rings. The number of rotatable bonds is 4. The van der Waals surface area contributed by atoms with Gasteiger partial charge in [0.25, 0.3) is 5.91 Å². The molecular formula is C24H28N6O3. The van der Waals surface area contributed by atoms with Crippen LogP contribution in [-0.2, 0) is 18.4 Å². The van der Waals surface area contributed by atoms with E-state index < -0.39 is 0 Å². The molecule has 2 aliphatic heterocycles. The Morgan fingerprint density at radius 2 is 1.79 bits per heavy atom. The first-order valence-corrected chi connectivity index (χ1v) is 11.5. The van der Waals surface area contributed by atoms with Crippen LogP contribution in [-0.4, -0.2) is 66.9 Å². The van der Waals surface area contributed by atoms with Gasteiger partial charge in [-0.25, -0.2) is 14.8 Å². The molecule has 1 aromatic carbocycles. The Bertz CT molecular complexity index is 1290. The fourth-order valence-electron chi connectivity index (χ4n) is 4.93. The molecule has 172 valence electrons. The number of imidazole rings is 1. The second-order valence-corrected chi connectivity index (χ2v) is 8.97. The summed E-state index contributed by atoms with van der Waals surface area (Å²) in [5.74, 6) is 0.602. The van der Waals surface area contributed by atoms with Crippen LogP contribution in [0.2, 0.25) is 0 Å². The molecule has 5 rings (SSSR count). The second kappa shape index (κ2) is 8.46. The van der Waals surface area contributed by atoms with Crippen molar-refractivity contribution in [2.24, 2.45) is 7.05 Å². The van der Waals surface area contributed by atoms with Crippen LogP contribution in [0.3, 0.4) is 0 Å². The Hall–Kier alpha value is -3.49. The number of para-hydroxylation sites is 2. The van der Waals surface area contributed by atoms with Crippen LogP contribution in [0.5, 0.6) is 0 Å². The molecule has 2 fully saturated rings. The minimum Gasteiger partial charge on any atom is -0.340 e. The number of amides is 2. The lowest BCUT2D eigenvalue weighted by atomic mass is 10.1. The van der Waals surface area contributed by atoms with Gasteiger partial charge in [0.2, 0.25) is 5.91 Å². The van der Waals surface area contributed by atoms with Gasteiger partial charge in [-0.15, -0.1) is 0 Å². The third-order valence-corrected chi connectivity index (χ3v) is 6.87. The molecule has 1 unspecified atom stereocenters. The zero-order valence-corrected chi connectivity index (χ0v) is 19.0. The van der Waals surface area contributed by atoms with Crippen molar-refractivity contribution in [1.29, 1.82) is 0 Å². The van der Waals surface area contributed by atoms with Gasteiger partial charge in [-0.1, -0.05) is 12.1 Å². The molecule has 2 saturated heterocycles. The van der Waals surface area contributed by atoms with Crippen LogP contribution in [0.4, 0.5) is 0 Å². The van der Waals surface area contributed by atoms with E-state index in [0.717, 1.165) is 43.4 Å². The number of hydrogen-bond acceptors (Lipinski definition) is 5. The maximum Gasteiger partial charge on any atom is 0.329 e. The summed E-state index contributed by atoms with van der Waals surface area (Å²) in [6.45, 7) is 4.55. The summed E-state index contributed by atoms with van der Waals surface area (Å²) >= 11 is 0. The van der Waals surface area contributed by atoms with Crippen molar-refractivity contribution < 1.29 is 9.59 Å². The van der Waals surface area contributed by atoms with Crippen molar-refractivity contribution in [1.82, 2.24) is 28.9 Å². The molecule has 0 radical (unpaired) electrons. The van der Waals surface area contributed by atoms with Crippen molar-refractivity contribution in [2.75, 3.05) is 26.2 Å². The Kier molecular flexibility index (Phi) is 5.47. The zero-order chi connectivity index (χ0) is 23.1. The molecule has 0 aliphatic carbocycles. The van der Waals surface area contributed by atoms with Gasteiger partial charge in [-0.3, -0.25) is 18.7 Å². The van der Waals surface area contributed by atoms with Gasteiger partial charge >= 0.3 is 5.69 Å². The molecule has 0 saturated carbocycles. The molecular weight excluding hydrogens is 420 g/mol. The number of hydrogen-bond donors (Lipinski definition) is 0. The highest BCUT2D eigenvalue weighted by Crippen LogP contribution is 2.26. The fourth-order valence-corrected chi connectivity index (χ4v) is 4.93. The van der Waals surface area contributed by atoms with E-state index in [-0.39, 0.29) is 30.0 Å². The third kappa shape index (κ3) is 3.81. The van der Waals surface area contributed by atoms with E-state index in [1.54, 1.807) is 22.7 Å². The molecule has 9 heteroatoms. The number of fused-ring (bicyclic) bond motifs is 1. The van der Waals surface area contributed by atoms with Gasteiger partial charge in [-0.05, 0) is 38.3 Å². The van der Waals surface area contributed by atoms with Crippen molar-refractivity contribution >= 4 is 22.8 Å². The largest absolute Gasteiger partial charge is 0.340 e. The number of aromatic nitrogens is 4. The first-order chi connectivity index (χ1) is 15.9. The lowest BCUT2D eigenvalue weighted by Gasteiger charge is -2.18. The van der Waals surface area contributed by atoms with Crippen LogP contribution in [0, 0.1) is 6.92 Å². The van der Waals surface area contributed by atoms with Crippen LogP contribution < -0.4 is 5.69 Å². The second-order valence-electron chi connectivity index (χ2n) is 8.97. The molecule has 9 nitrogen and oxygen atoms in total. The summed E-state index contributed by atoms with van der Waals surface area (Å²) in [5.41, 5.74) is 2.61. The summed E-state index contributed by atoms with van der Waals surface area (Å²) in [4.78, 5) is 51.1. The van der Waals surface area contributed by atoms with E-state index in [9.17, 15) is 14.4 Å². The van der Waals surface area contributed by atoms with Crippen LogP contribution >= 0.6 is 0 Å². The molecule has 33 heavy (non-hydrogen) atoms. The standard InChI is InChI=1S/C24H28N6O3/c1-16-18(23(32)28-10-5-6-11-28)13-25-22(26-16)17-9-12-29(14-17)21(31)15-30-20-8-4-3-7-19(20)27(2)24(30)33/h3-4,7-8,13,17H,5-6,9-12,14-15H2,1-2H3. The number of benzene rings is 1. The highest BCUT2D eigenvalue weighted by molar-refractivity contribution is 5.95. The summed E-state index contributed by atoms with van der Waals surface area (Å²) in [5, 5.41) is 0. The highest BCUT2D eigenvalue weighted by Gasteiger charge is 2.31. The van der Waals surface area contributed by atoms with Crippen molar-refractivity contribution in [3.63, 3.8) is 0 Å². The van der Waals surface area contributed by atoms with Crippen molar-refractivity contribution in [2.45, 2.75) is 38.6 Å². The number of carbonyl (C=O) groups is 2. The van der Waals surface area contributed by atoms with Crippen molar-refractivity contribution in [3.8, 4) is 0 Å². The zero-order valence-electron chi connectivity index (χ0n) is 19.0. The molecule has 1 atom stereocenters. The Morgan fingerprint density at radius 1 is 1.06 bits per heavy atom. The normalized spacial score (nSPS) is 18.4. The lowest BCUT2D eigenvalue weighted by molar-refractivity contribution is -0.130. The van der Waals surface area contributed by atoms with E-state index in [1.165, 1.54) is 4.57 Å². The molecule has 2 amide bonds. The minimum absolute atomic E-state index is 0.000283. The molecule has 0 bridgehead atoms. The predicted octanol–water partition coefficient (Wildman–Crippen LogP) is 1.69. The Labute approximate surface area is 191 Å². The lowest BCUT2D eigenvalue weighted by Crippen LogP contribution is -2.35. The molecule has 2 aromatic heterocycles. The van der Waals surface area contributed by atoms with Gasteiger partial charge < -0.3 is 9.80 Å². The predicted molar refractivity (Wildman–Crippen MR) is 123 cm³/mol. The van der Waals surface area contributed by atoms with E-state index in [4.69, 9.17) is 0 Å². The van der Waals surface area contributed by atoms with Crippen LogP contribution in [0.1, 0.15) is 47.1 Å². The topological polar surface area (TPSA) is 93.3 Å². The van der Waals surface area contributed by atoms with Gasteiger partial charge in [0.05, 0.1) is 22.3 Å². The van der Waals surface area contributed by atoms with E-state index in [2.05, 4.69) is 9.97 Å². The molecule has 0 N–H and O–H groups in total. The Balaban J connectivity index is 1.29. The monoisotopic (exact) mass is 448 g/mol. The van der Waals surface area contributed by atoms with Crippen LogP contribution in [0.25, 0.3) is 11.0 Å². The minimum atomic E-state index is -0.197. The van der Waals surface area contributed by atoms with Crippen LogP contribution in [0.15, 0.2) is 35.3 Å². The maximum absolute atomic E-state index is 13.0. The van der Waals surface area contributed by atoms with Gasteiger partial charge in [0.15, 0.2) is 0 Å². The average Bonchev–Trinajstić information content (AvgIpc) is 3.57. The van der Waals surface area contributed by atoms with Gasteiger partial charge in [0, 0.05) is 45.3 Å². The Morgan fingerprint density at radius 3 is 2.52 bits per heavy atom.